The first-order valence-electron chi connectivity index (χ1n) is 3.85. The number of benzene rings is 1. The Balaban J connectivity index is 2.71. The van der Waals surface area contributed by atoms with Crippen molar-refractivity contribution in [3.8, 4) is 6.07 Å². The van der Waals surface area contributed by atoms with Crippen LogP contribution in [0.3, 0.4) is 0 Å². The van der Waals surface area contributed by atoms with Gasteiger partial charge in [0.2, 0.25) is 0 Å². The molecule has 0 saturated heterocycles. The van der Waals surface area contributed by atoms with Crippen LogP contribution in [-0.2, 0) is 6.42 Å². The molecule has 0 aliphatic carbocycles. The zero-order valence-corrected chi connectivity index (χ0v) is 6.99. The number of nitriles is 1. The molecule has 0 aliphatic heterocycles. The average molecular weight is 161 g/mol. The zero-order chi connectivity index (χ0) is 8.97. The standard InChI is InChI=1S/C10H11NO/c1-8-3-2-4-9(5-8)6-10(12)7-11/h2-5,10,12H,6H2,1H3. The summed E-state index contributed by atoms with van der Waals surface area (Å²) in [5, 5.41) is 17.4. The Morgan fingerprint density at radius 1 is 1.58 bits per heavy atom. The lowest BCUT2D eigenvalue weighted by Gasteiger charge is -2.02. The molecule has 0 bridgehead atoms. The van der Waals surface area contributed by atoms with Crippen LogP contribution in [0.4, 0.5) is 0 Å². The van der Waals surface area contributed by atoms with Gasteiger partial charge in [0.15, 0.2) is 0 Å². The van der Waals surface area contributed by atoms with Crippen LogP contribution in [-0.4, -0.2) is 11.2 Å². The van der Waals surface area contributed by atoms with Crippen LogP contribution in [0.25, 0.3) is 0 Å². The normalized spacial score (nSPS) is 12.1. The molecule has 0 spiro atoms. The SMILES string of the molecule is Cc1cccc(CC(O)C#N)c1. The van der Waals surface area contributed by atoms with Crippen LogP contribution in [0.1, 0.15) is 11.1 Å². The van der Waals surface area contributed by atoms with Gasteiger partial charge in [0.05, 0.1) is 6.07 Å². The lowest BCUT2D eigenvalue weighted by atomic mass is 10.1. The van der Waals surface area contributed by atoms with E-state index in [1.807, 2.05) is 31.2 Å². The Morgan fingerprint density at radius 3 is 2.92 bits per heavy atom. The fourth-order valence-electron chi connectivity index (χ4n) is 1.11. The van der Waals surface area contributed by atoms with E-state index >= 15 is 0 Å². The summed E-state index contributed by atoms with van der Waals surface area (Å²) in [5.41, 5.74) is 2.15. The maximum absolute atomic E-state index is 9.04. The summed E-state index contributed by atoms with van der Waals surface area (Å²) >= 11 is 0. The fourth-order valence-corrected chi connectivity index (χ4v) is 1.11. The Bertz CT molecular complexity index is 301. The van der Waals surface area contributed by atoms with E-state index in [9.17, 15) is 0 Å². The molecule has 2 nitrogen and oxygen atoms in total. The number of aliphatic hydroxyl groups excluding tert-OH is 1. The molecule has 0 aromatic heterocycles. The van der Waals surface area contributed by atoms with Gasteiger partial charge >= 0.3 is 0 Å². The molecule has 1 N–H and O–H groups in total. The summed E-state index contributed by atoms with van der Waals surface area (Å²) in [5.74, 6) is 0. The monoisotopic (exact) mass is 161 g/mol. The highest BCUT2D eigenvalue weighted by Crippen LogP contribution is 2.06. The quantitative estimate of drug-likeness (QED) is 0.667. The Morgan fingerprint density at radius 2 is 2.33 bits per heavy atom. The van der Waals surface area contributed by atoms with Gasteiger partial charge in [-0.05, 0) is 12.5 Å². The summed E-state index contributed by atoms with van der Waals surface area (Å²) in [7, 11) is 0. The number of rotatable bonds is 2. The number of hydrogen-bond acceptors (Lipinski definition) is 2. The van der Waals surface area contributed by atoms with Crippen molar-refractivity contribution in [3.05, 3.63) is 35.4 Å². The van der Waals surface area contributed by atoms with Crippen molar-refractivity contribution >= 4 is 0 Å². The second-order valence-electron chi connectivity index (χ2n) is 2.84. The number of hydrogen-bond donors (Lipinski definition) is 1. The highest BCUT2D eigenvalue weighted by atomic mass is 16.3. The van der Waals surface area contributed by atoms with Gasteiger partial charge in [-0.15, -0.1) is 0 Å². The van der Waals surface area contributed by atoms with E-state index < -0.39 is 6.10 Å². The molecule has 0 fully saturated rings. The highest BCUT2D eigenvalue weighted by molar-refractivity contribution is 5.23. The van der Waals surface area contributed by atoms with Gasteiger partial charge in [-0.3, -0.25) is 0 Å². The Hall–Kier alpha value is -1.33. The molecule has 2 heteroatoms. The van der Waals surface area contributed by atoms with Crippen LogP contribution >= 0.6 is 0 Å². The average Bonchev–Trinajstić information content (AvgIpc) is 2.04. The molecule has 1 aromatic rings. The maximum Gasteiger partial charge on any atom is 0.144 e. The highest BCUT2D eigenvalue weighted by Gasteiger charge is 2.02. The zero-order valence-electron chi connectivity index (χ0n) is 6.99. The lowest BCUT2D eigenvalue weighted by molar-refractivity contribution is 0.231. The van der Waals surface area contributed by atoms with E-state index in [1.165, 1.54) is 0 Å². The first-order valence-corrected chi connectivity index (χ1v) is 3.85. The van der Waals surface area contributed by atoms with Gasteiger partial charge in [0, 0.05) is 6.42 Å². The van der Waals surface area contributed by atoms with Crippen molar-refractivity contribution in [3.63, 3.8) is 0 Å². The minimum Gasteiger partial charge on any atom is -0.378 e. The van der Waals surface area contributed by atoms with E-state index in [1.54, 1.807) is 6.07 Å². The van der Waals surface area contributed by atoms with Gasteiger partial charge in [-0.1, -0.05) is 29.8 Å². The van der Waals surface area contributed by atoms with Crippen molar-refractivity contribution in [2.75, 3.05) is 0 Å². The smallest absolute Gasteiger partial charge is 0.144 e. The largest absolute Gasteiger partial charge is 0.378 e. The second kappa shape index (κ2) is 3.89. The molecule has 1 unspecified atom stereocenters. The van der Waals surface area contributed by atoms with Gasteiger partial charge in [0.1, 0.15) is 6.10 Å². The molecular formula is C10H11NO. The Kier molecular flexibility index (Phi) is 2.84. The van der Waals surface area contributed by atoms with Gasteiger partial charge in [-0.2, -0.15) is 5.26 Å². The first kappa shape index (κ1) is 8.76. The fraction of sp³-hybridized carbons (Fsp3) is 0.300. The van der Waals surface area contributed by atoms with E-state index in [0.717, 1.165) is 11.1 Å². The molecule has 0 heterocycles. The molecule has 12 heavy (non-hydrogen) atoms. The minimum absolute atomic E-state index is 0.415. The minimum atomic E-state index is -0.883. The van der Waals surface area contributed by atoms with Gasteiger partial charge in [0.25, 0.3) is 0 Å². The predicted molar refractivity (Wildman–Crippen MR) is 46.5 cm³/mol. The van der Waals surface area contributed by atoms with Gasteiger partial charge < -0.3 is 5.11 Å². The third-order valence-electron chi connectivity index (χ3n) is 1.66. The number of nitrogens with zero attached hydrogens (tertiary/aromatic N) is 1. The predicted octanol–water partition coefficient (Wildman–Crippen LogP) is 1.42. The molecule has 1 rings (SSSR count). The third kappa shape index (κ3) is 2.37. The first-order chi connectivity index (χ1) is 5.72. The van der Waals surface area contributed by atoms with E-state index in [0.29, 0.717) is 6.42 Å². The number of aliphatic hydroxyl groups is 1. The number of aryl methyl sites for hydroxylation is 1. The van der Waals surface area contributed by atoms with Crippen LogP contribution in [0.2, 0.25) is 0 Å². The van der Waals surface area contributed by atoms with Crippen molar-refractivity contribution < 1.29 is 5.11 Å². The van der Waals surface area contributed by atoms with E-state index in [4.69, 9.17) is 10.4 Å². The third-order valence-corrected chi connectivity index (χ3v) is 1.66. The Labute approximate surface area is 72.1 Å². The van der Waals surface area contributed by atoms with Crippen molar-refractivity contribution in [2.45, 2.75) is 19.4 Å². The molecule has 0 radical (unpaired) electrons. The summed E-state index contributed by atoms with van der Waals surface area (Å²) < 4.78 is 0. The van der Waals surface area contributed by atoms with Crippen molar-refractivity contribution in [2.24, 2.45) is 0 Å². The maximum atomic E-state index is 9.04. The molecule has 1 aromatic carbocycles. The summed E-state index contributed by atoms with van der Waals surface area (Å²) in [6.07, 6.45) is -0.468. The van der Waals surface area contributed by atoms with Gasteiger partial charge in [-0.25, -0.2) is 0 Å². The summed E-state index contributed by atoms with van der Waals surface area (Å²) in [4.78, 5) is 0. The van der Waals surface area contributed by atoms with E-state index in [2.05, 4.69) is 0 Å². The van der Waals surface area contributed by atoms with E-state index in [-0.39, 0.29) is 0 Å². The van der Waals surface area contributed by atoms with Crippen LogP contribution in [0, 0.1) is 18.3 Å². The summed E-state index contributed by atoms with van der Waals surface area (Å²) in [6, 6.07) is 9.59. The molecule has 1 atom stereocenters. The van der Waals surface area contributed by atoms with Crippen molar-refractivity contribution in [1.29, 1.82) is 5.26 Å². The molecular weight excluding hydrogens is 150 g/mol. The molecule has 0 aliphatic rings. The molecule has 62 valence electrons. The van der Waals surface area contributed by atoms with Crippen LogP contribution in [0.5, 0.6) is 0 Å². The molecule has 0 saturated carbocycles. The van der Waals surface area contributed by atoms with Crippen LogP contribution < -0.4 is 0 Å². The molecule has 0 amide bonds. The lowest BCUT2D eigenvalue weighted by Crippen LogP contribution is -2.06. The second-order valence-corrected chi connectivity index (χ2v) is 2.84. The van der Waals surface area contributed by atoms with Crippen molar-refractivity contribution in [1.82, 2.24) is 0 Å². The van der Waals surface area contributed by atoms with Crippen LogP contribution in [0.15, 0.2) is 24.3 Å². The topological polar surface area (TPSA) is 44.0 Å². The summed E-state index contributed by atoms with van der Waals surface area (Å²) in [6.45, 7) is 1.99.